The van der Waals surface area contributed by atoms with Crippen LogP contribution in [-0.2, 0) is 43.4 Å². The molecule has 0 atom stereocenters. The number of hydrogen-bond acceptors (Lipinski definition) is 3. The predicted molar refractivity (Wildman–Crippen MR) is 22.4 cm³/mol. The molecule has 0 aromatic heterocycles. The van der Waals surface area contributed by atoms with Crippen LogP contribution in [-0.4, -0.2) is 22.7 Å². The standard InChI is InChI=1S/CH4O.CH4.H2O2.2Ti/c1-2;;1-2;;/h2H,1H3;1H4;1-2H;;/p+2. The van der Waals surface area contributed by atoms with Gasteiger partial charge in [-0.2, -0.15) is 0 Å². The van der Waals surface area contributed by atoms with Crippen LogP contribution in [0, 0.1) is 0 Å². The molecule has 0 aromatic rings. The first-order valence-electron chi connectivity index (χ1n) is 0.647. The van der Waals surface area contributed by atoms with Gasteiger partial charge >= 0.3 is 2.85 Å². The molecule has 5 heteroatoms. The molecular weight excluding hydrogens is 168 g/mol. The molecule has 0 aliphatic rings. The Balaban J connectivity index is -0.00000000114. The monoisotopic (exact) mass is 180 g/mol. The normalized spacial score (nSPS) is 1.71. The third-order valence-electron chi connectivity index (χ3n) is 0. The van der Waals surface area contributed by atoms with E-state index in [9.17, 15) is 0 Å². The summed E-state index contributed by atoms with van der Waals surface area (Å²) in [5, 5.41) is 19.0. The van der Waals surface area contributed by atoms with Crippen LogP contribution in [0.4, 0.5) is 0 Å². The summed E-state index contributed by atoms with van der Waals surface area (Å²) in [7, 11) is 1.00. The molecule has 0 heterocycles. The van der Waals surface area contributed by atoms with E-state index >= 15 is 0 Å². The summed E-state index contributed by atoms with van der Waals surface area (Å²) in [6.07, 6.45) is 0. The summed E-state index contributed by atoms with van der Waals surface area (Å²) in [5.41, 5.74) is 0. The van der Waals surface area contributed by atoms with E-state index in [1.165, 1.54) is 0 Å². The fourth-order valence-electron chi connectivity index (χ4n) is 0. The van der Waals surface area contributed by atoms with Crippen molar-refractivity contribution in [3.8, 4) is 0 Å². The molecule has 0 unspecified atom stereocenters. The van der Waals surface area contributed by atoms with Gasteiger partial charge in [0.2, 0.25) is 0 Å². The molecule has 3 nitrogen and oxygen atoms in total. The van der Waals surface area contributed by atoms with Gasteiger partial charge < -0.3 is 5.11 Å². The minimum atomic E-state index is 0. The van der Waals surface area contributed by atoms with Crippen LogP contribution in [0.25, 0.3) is 0 Å². The van der Waals surface area contributed by atoms with Crippen LogP contribution in [0.3, 0.4) is 0 Å². The molecule has 0 saturated carbocycles. The SMILES string of the molecule is C.CO.OO.[H+].[H+].[Ti].[Ti]. The first kappa shape index (κ1) is 40.5. The van der Waals surface area contributed by atoms with Crippen molar-refractivity contribution in [1.29, 1.82) is 0 Å². The van der Waals surface area contributed by atoms with Crippen molar-refractivity contribution in [1.82, 2.24) is 0 Å². The first-order chi connectivity index (χ1) is 2.00. The summed E-state index contributed by atoms with van der Waals surface area (Å²) >= 11 is 0. The maximum absolute atomic E-state index is 7.00. The van der Waals surface area contributed by atoms with Gasteiger partial charge in [0.1, 0.15) is 0 Å². The zero-order valence-corrected chi connectivity index (χ0v) is 6.46. The minimum Gasteiger partial charge on any atom is -0.400 e. The van der Waals surface area contributed by atoms with Gasteiger partial charge in [0.15, 0.2) is 0 Å². The average molecular weight is 180 g/mol. The Morgan fingerprint density at radius 3 is 1.00 bits per heavy atom. The molecule has 0 fully saturated rings. The zero-order chi connectivity index (χ0) is 4.00. The fraction of sp³-hybridized carbons (Fsp3) is 1.00. The van der Waals surface area contributed by atoms with Gasteiger partial charge in [0, 0.05) is 50.5 Å². The molecular formula is C2H12O3Ti2+2. The van der Waals surface area contributed by atoms with E-state index in [4.69, 9.17) is 15.6 Å². The molecule has 0 radical (unpaired) electrons. The molecule has 0 rings (SSSR count). The Morgan fingerprint density at radius 2 is 1.00 bits per heavy atom. The van der Waals surface area contributed by atoms with Crippen molar-refractivity contribution >= 4 is 0 Å². The van der Waals surface area contributed by atoms with Crippen molar-refractivity contribution in [2.24, 2.45) is 0 Å². The van der Waals surface area contributed by atoms with E-state index in [2.05, 4.69) is 0 Å². The quantitative estimate of drug-likeness (QED) is 0.288. The molecule has 0 aliphatic heterocycles. The Bertz CT molecular complexity index is 17.8. The Morgan fingerprint density at radius 1 is 1.00 bits per heavy atom. The Labute approximate surface area is 76.4 Å². The Kier molecular flexibility index (Phi) is 984. The molecule has 0 bridgehead atoms. The maximum Gasteiger partial charge on any atom is 1.00 e. The summed E-state index contributed by atoms with van der Waals surface area (Å²) in [5.74, 6) is 0. The van der Waals surface area contributed by atoms with Gasteiger partial charge in [-0.1, -0.05) is 7.43 Å². The van der Waals surface area contributed by atoms with E-state index in [0.29, 0.717) is 0 Å². The number of aliphatic hydroxyl groups excluding tert-OH is 1. The molecule has 0 aromatic carbocycles. The molecule has 0 spiro atoms. The van der Waals surface area contributed by atoms with Gasteiger partial charge in [-0.15, -0.1) is 0 Å². The summed E-state index contributed by atoms with van der Waals surface area (Å²) in [6, 6.07) is 0. The maximum atomic E-state index is 7.00. The topological polar surface area (TPSA) is 60.7 Å². The average Bonchev–Trinajstić information content (AvgIpc) is 1.50. The molecule has 3 N–H and O–H groups in total. The van der Waals surface area contributed by atoms with E-state index in [1.54, 1.807) is 0 Å². The van der Waals surface area contributed by atoms with Gasteiger partial charge in [-0.25, -0.2) is 0 Å². The smallest absolute Gasteiger partial charge is 0.400 e. The summed E-state index contributed by atoms with van der Waals surface area (Å²) in [6.45, 7) is 0. The van der Waals surface area contributed by atoms with Crippen LogP contribution in [0.15, 0.2) is 0 Å². The molecule has 0 amide bonds. The molecule has 0 saturated heterocycles. The first-order valence-corrected chi connectivity index (χ1v) is 0.647. The van der Waals surface area contributed by atoms with Crippen molar-refractivity contribution in [3.63, 3.8) is 0 Å². The molecule has 7 heavy (non-hydrogen) atoms. The van der Waals surface area contributed by atoms with E-state index in [0.717, 1.165) is 7.11 Å². The van der Waals surface area contributed by atoms with Gasteiger partial charge in [-0.05, 0) is 0 Å². The second kappa shape index (κ2) is 170. The fourth-order valence-corrected chi connectivity index (χ4v) is 0. The third-order valence-corrected chi connectivity index (χ3v) is 0. The number of aliphatic hydroxyl groups is 1. The number of hydrogen-bond donors (Lipinski definition) is 3. The molecule has 44 valence electrons. The summed E-state index contributed by atoms with van der Waals surface area (Å²) in [4.78, 5) is 0. The molecule has 0 aliphatic carbocycles. The van der Waals surface area contributed by atoms with Gasteiger partial charge in [0.05, 0.1) is 0 Å². The van der Waals surface area contributed by atoms with Gasteiger partial charge in [0.25, 0.3) is 0 Å². The zero-order valence-electron chi connectivity index (χ0n) is 5.34. The van der Waals surface area contributed by atoms with Crippen LogP contribution < -0.4 is 0 Å². The van der Waals surface area contributed by atoms with Crippen LogP contribution in [0.5, 0.6) is 0 Å². The Hall–Kier alpha value is 1.31. The largest absolute Gasteiger partial charge is 1.00 e. The predicted octanol–water partition coefficient (Wildman–Crippen LogP) is 0.482. The van der Waals surface area contributed by atoms with Crippen LogP contribution >= 0.6 is 0 Å². The van der Waals surface area contributed by atoms with E-state index in [1.807, 2.05) is 0 Å². The van der Waals surface area contributed by atoms with Crippen molar-refractivity contribution in [2.45, 2.75) is 7.43 Å². The second-order valence-corrected chi connectivity index (χ2v) is 0. The van der Waals surface area contributed by atoms with Crippen molar-refractivity contribution < 1.29 is 61.9 Å². The third kappa shape index (κ3) is 120. The van der Waals surface area contributed by atoms with Crippen LogP contribution in [0.2, 0.25) is 0 Å². The minimum absolute atomic E-state index is 0. The van der Waals surface area contributed by atoms with Crippen molar-refractivity contribution in [3.05, 3.63) is 0 Å². The number of rotatable bonds is 0. The van der Waals surface area contributed by atoms with E-state index in [-0.39, 0.29) is 53.7 Å². The van der Waals surface area contributed by atoms with Crippen LogP contribution in [0.1, 0.15) is 10.3 Å². The van der Waals surface area contributed by atoms with Gasteiger partial charge in [-0.3, -0.25) is 10.5 Å². The second-order valence-electron chi connectivity index (χ2n) is 0. The van der Waals surface area contributed by atoms with E-state index < -0.39 is 0 Å². The summed E-state index contributed by atoms with van der Waals surface area (Å²) < 4.78 is 0. The van der Waals surface area contributed by atoms with Crippen molar-refractivity contribution in [2.75, 3.05) is 7.11 Å².